The van der Waals surface area contributed by atoms with Gasteiger partial charge in [0, 0.05) is 73.6 Å². The Labute approximate surface area is 195 Å². The molecular weight excluding hydrogens is 450 g/mol. The quantitative estimate of drug-likeness (QED) is 0.246. The van der Waals surface area contributed by atoms with Crippen LogP contribution < -0.4 is 4.90 Å². The van der Waals surface area contributed by atoms with Crippen molar-refractivity contribution in [3.8, 4) is 0 Å². The second-order valence-corrected chi connectivity index (χ2v) is 13.3. The minimum absolute atomic E-state index is 0.196. The molecule has 9 nitrogen and oxygen atoms in total. The molecule has 0 aliphatic heterocycles. The Balaban J connectivity index is 3.16. The maximum atomic E-state index is 11.3. The standard InChI is InChI=1S/C21H41NO8Si2/c1-8-16-30-21(20(23)18-32(27-5,28-6)29-7)22(19-13-10-9-11-14-19)15-12-17-31(24-2,25-3)26-4/h9-11,13-14,20-21,23H,8,12,15-18H2,1-7H3. The van der Waals surface area contributed by atoms with Gasteiger partial charge < -0.3 is 41.3 Å². The number of rotatable bonds is 18. The first kappa shape index (κ1) is 29.2. The van der Waals surface area contributed by atoms with Gasteiger partial charge in [-0.05, 0) is 25.0 Å². The highest BCUT2D eigenvalue weighted by molar-refractivity contribution is 6.61. The molecule has 0 heterocycles. The van der Waals surface area contributed by atoms with Gasteiger partial charge in [0.1, 0.15) is 6.10 Å². The van der Waals surface area contributed by atoms with Crippen LogP contribution in [0.2, 0.25) is 12.1 Å². The molecule has 0 saturated carbocycles. The summed E-state index contributed by atoms with van der Waals surface area (Å²) in [5, 5.41) is 11.3. The number of anilines is 1. The largest absolute Gasteiger partial charge is 0.502 e. The predicted octanol–water partition coefficient (Wildman–Crippen LogP) is 2.75. The van der Waals surface area contributed by atoms with E-state index in [1.165, 1.54) is 21.3 Å². The fourth-order valence-corrected chi connectivity index (χ4v) is 6.97. The maximum absolute atomic E-state index is 11.3. The highest BCUT2D eigenvalue weighted by Crippen LogP contribution is 2.26. The summed E-state index contributed by atoms with van der Waals surface area (Å²) < 4.78 is 39.4. The number of para-hydroxylation sites is 1. The zero-order chi connectivity index (χ0) is 24.0. The smallest absolute Gasteiger partial charge is 0.388 e. The molecule has 2 unspecified atom stereocenters. The molecule has 0 fully saturated rings. The fourth-order valence-electron chi connectivity index (χ4n) is 3.55. The minimum atomic E-state index is -3.02. The summed E-state index contributed by atoms with van der Waals surface area (Å²) in [5.74, 6) is 0. The van der Waals surface area contributed by atoms with E-state index in [1.54, 1.807) is 21.3 Å². The van der Waals surface area contributed by atoms with Crippen LogP contribution in [0.15, 0.2) is 30.3 Å². The summed E-state index contributed by atoms with van der Waals surface area (Å²) in [6, 6.07) is 10.7. The molecule has 0 aliphatic rings. The van der Waals surface area contributed by atoms with Gasteiger partial charge in [0.05, 0.1) is 0 Å². The van der Waals surface area contributed by atoms with Gasteiger partial charge in [-0.15, -0.1) is 0 Å². The van der Waals surface area contributed by atoms with Crippen LogP contribution in [0, 0.1) is 0 Å². The van der Waals surface area contributed by atoms with Gasteiger partial charge >= 0.3 is 17.6 Å². The van der Waals surface area contributed by atoms with Gasteiger partial charge in [-0.1, -0.05) is 25.1 Å². The van der Waals surface area contributed by atoms with Gasteiger partial charge in [0.2, 0.25) is 0 Å². The van der Waals surface area contributed by atoms with Crippen molar-refractivity contribution in [2.75, 3.05) is 60.7 Å². The van der Waals surface area contributed by atoms with Crippen molar-refractivity contribution in [3.63, 3.8) is 0 Å². The van der Waals surface area contributed by atoms with Crippen molar-refractivity contribution >= 4 is 23.3 Å². The third-order valence-corrected chi connectivity index (χ3v) is 11.0. The number of aliphatic hydroxyl groups is 1. The molecule has 0 spiro atoms. The van der Waals surface area contributed by atoms with Crippen molar-refractivity contribution in [2.45, 2.75) is 44.2 Å². The number of nitrogens with zero attached hydrogens (tertiary/aromatic N) is 1. The van der Waals surface area contributed by atoms with Crippen LogP contribution in [0.1, 0.15) is 19.8 Å². The number of benzene rings is 1. The Bertz CT molecular complexity index is 588. The molecule has 1 aromatic carbocycles. The van der Waals surface area contributed by atoms with Crippen LogP contribution in [0.4, 0.5) is 5.69 Å². The summed E-state index contributed by atoms with van der Waals surface area (Å²) in [7, 11) is 3.70. The van der Waals surface area contributed by atoms with E-state index in [4.69, 9.17) is 31.3 Å². The molecule has 186 valence electrons. The van der Waals surface area contributed by atoms with E-state index >= 15 is 0 Å². The molecule has 0 aromatic heterocycles. The SMILES string of the molecule is CCCOC(C(O)C[Si](OC)(OC)OC)N(CCC[Si](OC)(OC)OC)c1ccccc1. The van der Waals surface area contributed by atoms with Crippen LogP contribution >= 0.6 is 0 Å². The van der Waals surface area contributed by atoms with E-state index < -0.39 is 29.9 Å². The average Bonchev–Trinajstić information content (AvgIpc) is 2.85. The second-order valence-electron chi connectivity index (χ2n) is 7.26. The van der Waals surface area contributed by atoms with Crippen molar-refractivity contribution in [2.24, 2.45) is 0 Å². The third-order valence-electron chi connectivity index (χ3n) is 5.42. The van der Waals surface area contributed by atoms with Crippen LogP contribution in [0.3, 0.4) is 0 Å². The van der Waals surface area contributed by atoms with Gasteiger partial charge in [0.15, 0.2) is 6.23 Å². The topological polar surface area (TPSA) is 88.1 Å². The average molecular weight is 492 g/mol. The lowest BCUT2D eigenvalue weighted by atomic mass is 10.2. The van der Waals surface area contributed by atoms with E-state index in [-0.39, 0.29) is 6.04 Å². The molecule has 0 aliphatic carbocycles. The summed E-state index contributed by atoms with van der Waals surface area (Å²) in [6.07, 6.45) is 0.0211. The minimum Gasteiger partial charge on any atom is -0.388 e. The van der Waals surface area contributed by atoms with Crippen molar-refractivity contribution in [1.29, 1.82) is 0 Å². The molecule has 1 N–H and O–H groups in total. The molecule has 2 atom stereocenters. The van der Waals surface area contributed by atoms with Gasteiger partial charge in [0.25, 0.3) is 0 Å². The maximum Gasteiger partial charge on any atom is 0.502 e. The molecule has 0 saturated heterocycles. The highest BCUT2D eigenvalue weighted by atomic mass is 28.4. The fraction of sp³-hybridized carbons (Fsp3) is 0.714. The Morgan fingerprint density at radius 2 is 1.38 bits per heavy atom. The molecule has 0 amide bonds. The number of ether oxygens (including phenoxy) is 1. The molecule has 1 aromatic rings. The Hall–Kier alpha value is -0.866. The highest BCUT2D eigenvalue weighted by Gasteiger charge is 2.44. The van der Waals surface area contributed by atoms with E-state index in [0.717, 1.165) is 18.5 Å². The van der Waals surface area contributed by atoms with Crippen molar-refractivity contribution < 1.29 is 36.4 Å². The van der Waals surface area contributed by atoms with Crippen LogP contribution in [-0.2, 0) is 31.3 Å². The summed E-state index contributed by atoms with van der Waals surface area (Å²) in [5.41, 5.74) is 0.937. The first-order chi connectivity index (χ1) is 15.4. The lowest BCUT2D eigenvalue weighted by Gasteiger charge is -2.38. The normalized spacial score (nSPS) is 14.4. The van der Waals surface area contributed by atoms with Crippen LogP contribution in [0.5, 0.6) is 0 Å². The summed E-state index contributed by atoms with van der Waals surface area (Å²) in [4.78, 5) is 2.06. The van der Waals surface area contributed by atoms with Crippen molar-refractivity contribution in [3.05, 3.63) is 30.3 Å². The van der Waals surface area contributed by atoms with E-state index in [0.29, 0.717) is 19.2 Å². The second kappa shape index (κ2) is 15.1. The van der Waals surface area contributed by atoms with Crippen LogP contribution in [-0.4, -0.2) is 90.9 Å². The monoisotopic (exact) mass is 491 g/mol. The van der Waals surface area contributed by atoms with Crippen LogP contribution in [0.25, 0.3) is 0 Å². The molecule has 32 heavy (non-hydrogen) atoms. The Morgan fingerprint density at radius 1 is 0.844 bits per heavy atom. The molecule has 1 rings (SSSR count). The third kappa shape index (κ3) is 8.17. The van der Waals surface area contributed by atoms with E-state index in [9.17, 15) is 5.11 Å². The van der Waals surface area contributed by atoms with Gasteiger partial charge in [-0.3, -0.25) is 0 Å². The molecular formula is C21H41NO8Si2. The lowest BCUT2D eigenvalue weighted by Crippen LogP contribution is -2.53. The van der Waals surface area contributed by atoms with E-state index in [2.05, 4.69) is 4.90 Å². The number of aliphatic hydroxyl groups excluding tert-OH is 1. The molecule has 0 bridgehead atoms. The van der Waals surface area contributed by atoms with Gasteiger partial charge in [-0.2, -0.15) is 0 Å². The van der Waals surface area contributed by atoms with Gasteiger partial charge in [-0.25, -0.2) is 0 Å². The van der Waals surface area contributed by atoms with Crippen molar-refractivity contribution in [1.82, 2.24) is 0 Å². The first-order valence-electron chi connectivity index (χ1n) is 10.8. The van der Waals surface area contributed by atoms with E-state index in [1.807, 2.05) is 37.3 Å². The Kier molecular flexibility index (Phi) is 13.8. The summed E-state index contributed by atoms with van der Waals surface area (Å²) >= 11 is 0. The first-order valence-corrected chi connectivity index (χ1v) is 14.7. The number of hydrogen-bond donors (Lipinski definition) is 1. The molecule has 11 heteroatoms. The Morgan fingerprint density at radius 3 is 1.84 bits per heavy atom. The predicted molar refractivity (Wildman–Crippen MR) is 128 cm³/mol. The molecule has 0 radical (unpaired) electrons. The zero-order valence-corrected chi connectivity index (χ0v) is 22.5. The summed E-state index contributed by atoms with van der Waals surface area (Å²) in [6.45, 7) is 3.13. The zero-order valence-electron chi connectivity index (χ0n) is 20.5. The number of hydrogen-bond acceptors (Lipinski definition) is 9. The lowest BCUT2D eigenvalue weighted by molar-refractivity contribution is -0.0380.